The van der Waals surface area contributed by atoms with Gasteiger partial charge in [0.25, 0.3) is 11.8 Å². The summed E-state index contributed by atoms with van der Waals surface area (Å²) in [6, 6.07) is 18.2. The van der Waals surface area contributed by atoms with Gasteiger partial charge in [0.1, 0.15) is 5.52 Å². The predicted octanol–water partition coefficient (Wildman–Crippen LogP) is 4.76. The largest absolute Gasteiger partial charge is 0.445 e. The van der Waals surface area contributed by atoms with Crippen molar-refractivity contribution >= 4 is 34.8 Å². The van der Waals surface area contributed by atoms with Crippen LogP contribution in [0.4, 0.5) is 10.6 Å². The van der Waals surface area contributed by atoms with Crippen LogP contribution < -0.4 is 10.6 Å². The van der Waals surface area contributed by atoms with Gasteiger partial charge in [0, 0.05) is 18.2 Å². The zero-order valence-electron chi connectivity index (χ0n) is 23.0. The summed E-state index contributed by atoms with van der Waals surface area (Å²) < 4.78 is 11.8. The van der Waals surface area contributed by atoms with E-state index in [1.807, 2.05) is 56.3 Å². The van der Waals surface area contributed by atoms with Crippen LogP contribution >= 0.6 is 0 Å². The molecule has 10 heteroatoms. The van der Waals surface area contributed by atoms with Gasteiger partial charge in [0.05, 0.1) is 5.54 Å². The molecule has 5 rings (SSSR count). The number of fused-ring (bicyclic) bond motifs is 1. The molecule has 0 radical (unpaired) electrons. The van der Waals surface area contributed by atoms with E-state index < -0.39 is 23.4 Å². The molecule has 41 heavy (non-hydrogen) atoms. The normalized spacial score (nSPS) is 13.6. The van der Waals surface area contributed by atoms with E-state index in [1.165, 1.54) is 18.9 Å². The second-order valence-corrected chi connectivity index (χ2v) is 10.4. The molecule has 2 amide bonds. The average molecular weight is 554 g/mol. The third-order valence-electron chi connectivity index (χ3n) is 7.01. The minimum absolute atomic E-state index is 0.0369. The summed E-state index contributed by atoms with van der Waals surface area (Å²) in [5.41, 5.74) is 1.89. The molecule has 0 saturated carbocycles. The lowest BCUT2D eigenvalue weighted by Gasteiger charge is -2.26. The van der Waals surface area contributed by atoms with Crippen molar-refractivity contribution in [3.63, 3.8) is 0 Å². The van der Waals surface area contributed by atoms with Crippen molar-refractivity contribution < 1.29 is 23.5 Å². The Morgan fingerprint density at radius 2 is 1.76 bits per heavy atom. The Morgan fingerprint density at radius 1 is 1.05 bits per heavy atom. The van der Waals surface area contributed by atoms with Crippen molar-refractivity contribution in [3.05, 3.63) is 83.1 Å². The van der Waals surface area contributed by atoms with E-state index in [0.29, 0.717) is 5.56 Å². The van der Waals surface area contributed by atoms with E-state index in [9.17, 15) is 14.4 Å². The number of amides is 2. The fourth-order valence-corrected chi connectivity index (χ4v) is 4.82. The highest BCUT2D eigenvalue weighted by Crippen LogP contribution is 2.29. The van der Waals surface area contributed by atoms with Gasteiger partial charge in [-0.2, -0.15) is 4.68 Å². The molecule has 10 nitrogen and oxygen atoms in total. The molecule has 210 valence electrons. The highest BCUT2D eigenvalue weighted by Gasteiger charge is 2.28. The van der Waals surface area contributed by atoms with Crippen LogP contribution in [0.25, 0.3) is 11.1 Å². The predicted molar refractivity (Wildman–Crippen MR) is 153 cm³/mol. The molecule has 1 aliphatic rings. The van der Waals surface area contributed by atoms with Gasteiger partial charge in [0.15, 0.2) is 23.8 Å². The van der Waals surface area contributed by atoms with Gasteiger partial charge < -0.3 is 19.8 Å². The molecule has 0 spiro atoms. The number of hydrogen-bond acceptors (Lipinski definition) is 7. The fraction of sp³-hybridized carbons (Fsp3) is 0.290. The van der Waals surface area contributed by atoms with Gasteiger partial charge in [-0.05, 0) is 63.0 Å². The molecular weight excluding hydrogens is 522 g/mol. The lowest BCUT2D eigenvalue weighted by molar-refractivity contribution is 0.0885. The van der Waals surface area contributed by atoms with Crippen molar-refractivity contribution in [2.24, 2.45) is 0 Å². The molecule has 0 atom stereocenters. The molecular formula is C31H31N5O5. The van der Waals surface area contributed by atoms with Crippen LogP contribution in [0.15, 0.2) is 65.1 Å². The number of furan rings is 1. The lowest BCUT2D eigenvalue weighted by atomic mass is 9.94. The molecule has 4 aromatic rings. The Morgan fingerprint density at radius 3 is 2.44 bits per heavy atom. The summed E-state index contributed by atoms with van der Waals surface area (Å²) in [5.74, 6) is 1.16. The summed E-state index contributed by atoms with van der Waals surface area (Å²) in [6.07, 6.45) is 6.76. The lowest BCUT2D eigenvalue weighted by Crippen LogP contribution is -2.40. The highest BCUT2D eigenvalue weighted by molar-refractivity contribution is 6.08. The number of likely N-dealkylation sites (tertiary alicyclic amines) is 1. The number of carbonyl (C=O) groups is 3. The zero-order valence-corrected chi connectivity index (χ0v) is 23.0. The molecule has 2 N–H and O–H groups in total. The molecule has 3 heterocycles. The van der Waals surface area contributed by atoms with Crippen molar-refractivity contribution in [2.45, 2.75) is 38.8 Å². The van der Waals surface area contributed by atoms with E-state index >= 15 is 0 Å². The topological polar surface area (TPSA) is 119 Å². The monoisotopic (exact) mass is 553 g/mol. The number of ether oxygens (including phenoxy) is 1. The third-order valence-corrected chi connectivity index (χ3v) is 7.01. The van der Waals surface area contributed by atoms with Crippen molar-refractivity contribution in [3.8, 4) is 12.3 Å². The van der Waals surface area contributed by atoms with Crippen molar-refractivity contribution in [1.82, 2.24) is 20.0 Å². The van der Waals surface area contributed by atoms with Crippen LogP contribution in [0, 0.1) is 12.3 Å². The first kappa shape index (κ1) is 27.7. The molecule has 0 unspecified atom stereocenters. The number of benzene rings is 2. The number of hydrogen-bond donors (Lipinski definition) is 2. The first-order valence-electron chi connectivity index (χ1n) is 13.4. The van der Waals surface area contributed by atoms with Gasteiger partial charge in [-0.15, -0.1) is 11.5 Å². The van der Waals surface area contributed by atoms with Gasteiger partial charge in [-0.25, -0.2) is 4.79 Å². The van der Waals surface area contributed by atoms with E-state index in [0.717, 1.165) is 35.4 Å². The number of nitrogens with zero attached hydrogens (tertiary/aromatic N) is 3. The Hall–Kier alpha value is -4.88. The third kappa shape index (κ3) is 6.15. The van der Waals surface area contributed by atoms with Crippen LogP contribution in [0.5, 0.6) is 0 Å². The minimum atomic E-state index is -0.878. The summed E-state index contributed by atoms with van der Waals surface area (Å²) in [6.45, 7) is 6.45. The average Bonchev–Trinajstić information content (AvgIpc) is 3.71. The molecule has 1 aliphatic heterocycles. The SMILES string of the molecule is C#CCOC(=O)n1nc(NC(=O)c2ccc(CN3CCCC3)cc2)c2oc(C(=O)NC(C)(C)c3ccccc3)cc21. The van der Waals surface area contributed by atoms with Crippen molar-refractivity contribution in [2.75, 3.05) is 25.0 Å². The maximum Gasteiger partial charge on any atom is 0.436 e. The summed E-state index contributed by atoms with van der Waals surface area (Å²) in [4.78, 5) is 41.4. The van der Waals surface area contributed by atoms with E-state index in [-0.39, 0.29) is 29.3 Å². The van der Waals surface area contributed by atoms with Crippen LogP contribution in [-0.2, 0) is 16.8 Å². The molecule has 2 aromatic heterocycles. The number of carbonyl (C=O) groups excluding carboxylic acids is 3. The standard InChI is InChI=1S/C31H31N5O5/c1-4-18-40-30(39)36-24-19-25(29(38)33-31(2,3)23-10-6-5-7-11-23)41-26(24)27(34-36)32-28(37)22-14-12-21(13-15-22)20-35-16-8-9-17-35/h1,5-7,10-15,19H,8-9,16-18,20H2,2-3H3,(H,33,38)(H,32,34,37). The van der Waals surface area contributed by atoms with Crippen LogP contribution in [0.2, 0.25) is 0 Å². The fourth-order valence-electron chi connectivity index (χ4n) is 4.82. The summed E-state index contributed by atoms with van der Waals surface area (Å²) in [7, 11) is 0. The van der Waals surface area contributed by atoms with E-state index in [4.69, 9.17) is 15.6 Å². The first-order chi connectivity index (χ1) is 19.7. The molecule has 0 aliphatic carbocycles. The maximum absolute atomic E-state index is 13.2. The Kier molecular flexibility index (Phi) is 7.90. The van der Waals surface area contributed by atoms with Gasteiger partial charge >= 0.3 is 6.09 Å². The molecule has 2 aromatic carbocycles. The molecule has 0 bridgehead atoms. The van der Waals surface area contributed by atoms with Crippen LogP contribution in [0.1, 0.15) is 58.7 Å². The number of anilines is 1. The molecule has 1 saturated heterocycles. The van der Waals surface area contributed by atoms with Gasteiger partial charge in [0.2, 0.25) is 0 Å². The summed E-state index contributed by atoms with van der Waals surface area (Å²) >= 11 is 0. The highest BCUT2D eigenvalue weighted by atomic mass is 16.6. The van der Waals surface area contributed by atoms with E-state index in [2.05, 4.69) is 26.6 Å². The van der Waals surface area contributed by atoms with E-state index in [1.54, 1.807) is 12.1 Å². The van der Waals surface area contributed by atoms with Crippen LogP contribution in [0.3, 0.4) is 0 Å². The number of aromatic nitrogens is 2. The quantitative estimate of drug-likeness (QED) is 0.302. The summed E-state index contributed by atoms with van der Waals surface area (Å²) in [5, 5.41) is 9.83. The minimum Gasteiger partial charge on any atom is -0.445 e. The Bertz CT molecular complexity index is 1610. The van der Waals surface area contributed by atoms with Gasteiger partial charge in [-0.3, -0.25) is 14.5 Å². The molecule has 1 fully saturated rings. The van der Waals surface area contributed by atoms with Gasteiger partial charge in [-0.1, -0.05) is 48.4 Å². The second kappa shape index (κ2) is 11.7. The Balaban J connectivity index is 1.39. The smallest absolute Gasteiger partial charge is 0.436 e. The number of terminal acetylenes is 1. The van der Waals surface area contributed by atoms with Crippen LogP contribution in [-0.4, -0.2) is 52.3 Å². The maximum atomic E-state index is 13.2. The van der Waals surface area contributed by atoms with Crippen molar-refractivity contribution in [1.29, 1.82) is 0 Å². The number of nitrogens with one attached hydrogen (secondary N) is 2. The second-order valence-electron chi connectivity index (χ2n) is 10.4. The zero-order chi connectivity index (χ0) is 29.0. The first-order valence-corrected chi connectivity index (χ1v) is 13.4. The number of rotatable bonds is 8. The Labute approximate surface area is 237 Å².